The number of carboxylic acids is 2. The first-order chi connectivity index (χ1) is 26.5. The monoisotopic (exact) mass is 780 g/mol. The summed E-state index contributed by atoms with van der Waals surface area (Å²) >= 11 is 0.901. The van der Waals surface area contributed by atoms with Crippen LogP contribution in [0.1, 0.15) is 49.4 Å². The maximum absolute atomic E-state index is 12.7. The van der Waals surface area contributed by atoms with E-state index in [0.717, 1.165) is 105 Å². The van der Waals surface area contributed by atoms with E-state index in [-0.39, 0.29) is 18.2 Å². The Morgan fingerprint density at radius 1 is 1.04 bits per heavy atom. The molecule has 2 atom stereocenters. The van der Waals surface area contributed by atoms with E-state index >= 15 is 0 Å². The number of hydrogen-bond acceptors (Lipinski definition) is 14. The second-order valence-electron chi connectivity index (χ2n) is 13.6. The van der Waals surface area contributed by atoms with E-state index < -0.39 is 35.6 Å². The number of carbonyl (C=O) groups excluding carboxylic acids is 1. The molecule has 1 amide bonds. The van der Waals surface area contributed by atoms with Crippen LogP contribution >= 0.6 is 11.8 Å². The maximum Gasteiger partial charge on any atom is 0.321 e. The highest BCUT2D eigenvalue weighted by molar-refractivity contribution is 8.00. The summed E-state index contributed by atoms with van der Waals surface area (Å²) in [6, 6.07) is 7.19. The van der Waals surface area contributed by atoms with Crippen LogP contribution in [0.2, 0.25) is 0 Å². The van der Waals surface area contributed by atoms with Crippen LogP contribution in [0.25, 0.3) is 11.0 Å². The van der Waals surface area contributed by atoms with Crippen LogP contribution in [-0.4, -0.2) is 131 Å². The number of piperazine rings is 1. The number of nitrogens with one attached hydrogen (secondary N) is 2. The molecule has 1 fully saturated rings. The van der Waals surface area contributed by atoms with Crippen molar-refractivity contribution in [3.05, 3.63) is 53.5 Å². The molecule has 0 aliphatic carbocycles. The van der Waals surface area contributed by atoms with Crippen LogP contribution in [-0.2, 0) is 40.6 Å². The van der Waals surface area contributed by atoms with Crippen molar-refractivity contribution in [1.29, 1.82) is 0 Å². The van der Waals surface area contributed by atoms with Gasteiger partial charge in [-0.05, 0) is 24.1 Å². The SMILES string of the molecule is CCCCCNc1nc(N)nc2ccn(Cc3ccc(CN4CCN(CCn5cc(CNC(=O)C(CC(=O)O)SCC(N)C(=O)O)nn5)CC4)cc3OC)c12. The molecule has 18 nitrogen and oxygen atoms in total. The number of methoxy groups -OCH3 is 1. The first kappa shape index (κ1) is 41.2. The zero-order valence-electron chi connectivity index (χ0n) is 31.4. The van der Waals surface area contributed by atoms with Crippen LogP contribution in [0.4, 0.5) is 11.8 Å². The summed E-state index contributed by atoms with van der Waals surface area (Å²) in [6.45, 7) is 9.53. The van der Waals surface area contributed by atoms with Crippen molar-refractivity contribution in [1.82, 2.24) is 44.6 Å². The van der Waals surface area contributed by atoms with Crippen molar-refractivity contribution in [2.24, 2.45) is 5.73 Å². The summed E-state index contributed by atoms with van der Waals surface area (Å²) in [5.74, 6) is -1.18. The second kappa shape index (κ2) is 20.1. The first-order valence-electron chi connectivity index (χ1n) is 18.5. The lowest BCUT2D eigenvalue weighted by atomic mass is 10.1. The zero-order chi connectivity index (χ0) is 39.3. The number of unbranched alkanes of at least 4 members (excludes halogenated alkanes) is 2. The Balaban J connectivity index is 1.07. The smallest absolute Gasteiger partial charge is 0.321 e. The third kappa shape index (κ3) is 12.0. The molecule has 1 aromatic carbocycles. The van der Waals surface area contributed by atoms with E-state index in [4.69, 9.17) is 21.3 Å². The molecule has 4 heterocycles. The summed E-state index contributed by atoms with van der Waals surface area (Å²) in [6.07, 6.45) is 6.65. The number of ether oxygens (including phenoxy) is 1. The number of nitrogens with zero attached hydrogens (tertiary/aromatic N) is 8. The van der Waals surface area contributed by atoms with Gasteiger partial charge >= 0.3 is 11.9 Å². The Labute approximate surface area is 324 Å². The molecule has 0 bridgehead atoms. The van der Waals surface area contributed by atoms with Gasteiger partial charge < -0.3 is 41.6 Å². The number of fused-ring (bicyclic) bond motifs is 1. The number of anilines is 2. The third-order valence-electron chi connectivity index (χ3n) is 9.39. The standard InChI is InChI=1S/C36H52N12O6S/c1-3-4-5-9-39-33-32-28(41-36(38)42-33)8-10-47(32)21-25-7-6-24(17-29(25)54-2)20-46-13-11-45(12-14-46)15-16-48-22-26(43-44-48)19-40-34(51)30(18-31(49)50)55-23-27(37)35(52)53/h6-8,10,17,22,27,30H,3-5,9,11-16,18-21,23,37H2,1-2H3,(H,40,51)(H,49,50)(H,52,53)(H3,38,39,41,42). The van der Waals surface area contributed by atoms with Crippen molar-refractivity contribution >= 4 is 52.4 Å². The number of aliphatic carboxylic acids is 2. The number of nitrogens with two attached hydrogens (primary N) is 2. The molecular formula is C36H52N12O6S. The number of benzene rings is 1. The highest BCUT2D eigenvalue weighted by atomic mass is 32.2. The minimum atomic E-state index is -1.22. The van der Waals surface area contributed by atoms with Crippen LogP contribution < -0.4 is 26.8 Å². The molecule has 55 heavy (non-hydrogen) atoms. The largest absolute Gasteiger partial charge is 0.496 e. The van der Waals surface area contributed by atoms with Crippen molar-refractivity contribution < 1.29 is 29.3 Å². The lowest BCUT2D eigenvalue weighted by molar-refractivity contribution is -0.138. The van der Waals surface area contributed by atoms with Crippen LogP contribution in [0, 0.1) is 0 Å². The average molecular weight is 781 g/mol. The van der Waals surface area contributed by atoms with E-state index in [1.165, 1.54) is 5.56 Å². The van der Waals surface area contributed by atoms with E-state index in [0.29, 0.717) is 18.8 Å². The number of thioether (sulfide) groups is 1. The molecule has 1 aliphatic heterocycles. The van der Waals surface area contributed by atoms with E-state index in [1.807, 2.05) is 12.3 Å². The van der Waals surface area contributed by atoms with Gasteiger partial charge in [-0.3, -0.25) is 28.9 Å². The summed E-state index contributed by atoms with van der Waals surface area (Å²) in [7, 11) is 1.70. The van der Waals surface area contributed by atoms with Gasteiger partial charge in [-0.15, -0.1) is 16.9 Å². The van der Waals surface area contributed by atoms with Crippen LogP contribution in [0.15, 0.2) is 36.7 Å². The summed E-state index contributed by atoms with van der Waals surface area (Å²) < 4.78 is 9.72. The maximum atomic E-state index is 12.7. The quantitative estimate of drug-likeness (QED) is 0.0622. The predicted octanol–water partition coefficient (Wildman–Crippen LogP) is 1.69. The molecule has 8 N–H and O–H groups in total. The molecule has 5 rings (SSSR count). The van der Waals surface area contributed by atoms with Gasteiger partial charge in [0.05, 0.1) is 50.1 Å². The number of nitrogen functional groups attached to an aromatic ring is 1. The minimum Gasteiger partial charge on any atom is -0.496 e. The fraction of sp³-hybridized carbons (Fsp3) is 0.528. The van der Waals surface area contributed by atoms with Gasteiger partial charge in [0.2, 0.25) is 11.9 Å². The number of carbonyl (C=O) groups is 3. The molecular weight excluding hydrogens is 729 g/mol. The number of carboxylic acid groups (broad SMARTS) is 2. The molecule has 298 valence electrons. The van der Waals surface area contributed by atoms with Crippen LogP contribution in [0.3, 0.4) is 0 Å². The van der Waals surface area contributed by atoms with Gasteiger partial charge in [0.1, 0.15) is 23.0 Å². The van der Waals surface area contributed by atoms with E-state index in [2.05, 4.69) is 70.4 Å². The van der Waals surface area contributed by atoms with Crippen molar-refractivity contribution in [2.45, 2.75) is 70.1 Å². The molecule has 3 aromatic heterocycles. The molecule has 0 spiro atoms. The van der Waals surface area contributed by atoms with Crippen molar-refractivity contribution in [2.75, 3.05) is 63.2 Å². The normalized spacial score (nSPS) is 14.8. The Bertz CT molecular complexity index is 1900. The lowest BCUT2D eigenvalue weighted by Gasteiger charge is -2.34. The Morgan fingerprint density at radius 3 is 2.55 bits per heavy atom. The van der Waals surface area contributed by atoms with Gasteiger partial charge in [0.15, 0.2) is 5.82 Å². The lowest BCUT2D eigenvalue weighted by Crippen LogP contribution is -2.46. The molecule has 2 unspecified atom stereocenters. The third-order valence-corrected chi connectivity index (χ3v) is 10.7. The van der Waals surface area contributed by atoms with Gasteiger partial charge in [-0.25, -0.2) is 4.98 Å². The first-order valence-corrected chi connectivity index (χ1v) is 19.5. The Morgan fingerprint density at radius 2 is 1.82 bits per heavy atom. The fourth-order valence-corrected chi connectivity index (χ4v) is 7.41. The molecule has 0 saturated carbocycles. The van der Waals surface area contributed by atoms with Gasteiger partial charge in [-0.1, -0.05) is 37.1 Å². The van der Waals surface area contributed by atoms with E-state index in [9.17, 15) is 19.5 Å². The predicted molar refractivity (Wildman–Crippen MR) is 210 cm³/mol. The van der Waals surface area contributed by atoms with Gasteiger partial charge in [-0.2, -0.15) is 4.98 Å². The number of rotatable bonds is 22. The van der Waals surface area contributed by atoms with E-state index in [1.54, 1.807) is 18.0 Å². The van der Waals surface area contributed by atoms with Crippen molar-refractivity contribution in [3.8, 4) is 5.75 Å². The van der Waals surface area contributed by atoms with Gasteiger partial charge in [0, 0.05) is 63.3 Å². The Kier molecular flexibility index (Phi) is 15.0. The minimum absolute atomic E-state index is 0.0658. The van der Waals surface area contributed by atoms with Crippen molar-refractivity contribution in [3.63, 3.8) is 0 Å². The summed E-state index contributed by atoms with van der Waals surface area (Å²) in [5.41, 5.74) is 16.0. The molecule has 19 heteroatoms. The fourth-order valence-electron chi connectivity index (χ4n) is 6.33. The Hall–Kier alpha value is -4.98. The van der Waals surface area contributed by atoms with Crippen LogP contribution in [0.5, 0.6) is 5.75 Å². The number of aromatic nitrogens is 6. The summed E-state index contributed by atoms with van der Waals surface area (Å²) in [5, 5.41) is 31.6. The van der Waals surface area contributed by atoms with Gasteiger partial charge in [0.25, 0.3) is 0 Å². The zero-order valence-corrected chi connectivity index (χ0v) is 32.2. The topological polar surface area (TPSA) is 245 Å². The highest BCUT2D eigenvalue weighted by Crippen LogP contribution is 2.28. The second-order valence-corrected chi connectivity index (χ2v) is 14.8. The molecule has 1 aliphatic rings. The number of amides is 1. The highest BCUT2D eigenvalue weighted by Gasteiger charge is 2.25. The molecule has 0 radical (unpaired) electrons. The summed E-state index contributed by atoms with van der Waals surface area (Å²) in [4.78, 5) is 48.7. The average Bonchev–Trinajstić information content (AvgIpc) is 3.80. The molecule has 1 saturated heterocycles. The molecule has 4 aromatic rings. The number of hydrogen-bond donors (Lipinski definition) is 6.